The summed E-state index contributed by atoms with van der Waals surface area (Å²) in [6.45, 7) is 4.53. The minimum absolute atomic E-state index is 0.0292. The number of sulfonamides is 1. The van der Waals surface area contributed by atoms with Crippen LogP contribution in [0.15, 0.2) is 52.3 Å². The third kappa shape index (κ3) is 4.28. The smallest absolute Gasteiger partial charge is 0.240 e. The Kier molecular flexibility index (Phi) is 5.70. The van der Waals surface area contributed by atoms with E-state index in [9.17, 15) is 13.2 Å². The van der Waals surface area contributed by atoms with Gasteiger partial charge in [-0.05, 0) is 37.1 Å². The summed E-state index contributed by atoms with van der Waals surface area (Å²) in [5.74, 6) is 0.732. The zero-order valence-electron chi connectivity index (χ0n) is 14.9. The first-order valence-electron chi connectivity index (χ1n) is 8.47. The Balaban J connectivity index is 1.72. The van der Waals surface area contributed by atoms with E-state index >= 15 is 0 Å². The van der Waals surface area contributed by atoms with Crippen LogP contribution in [0.4, 0.5) is 5.69 Å². The summed E-state index contributed by atoms with van der Waals surface area (Å²) in [6, 6.07) is 13.0. The summed E-state index contributed by atoms with van der Waals surface area (Å²) in [7, 11) is -3.58. The fraction of sp³-hybridized carbons (Fsp3) is 0.316. The number of nitrogens with one attached hydrogen (secondary N) is 1. The Morgan fingerprint density at radius 1 is 1.23 bits per heavy atom. The van der Waals surface area contributed by atoms with E-state index in [1.54, 1.807) is 34.9 Å². The molecule has 7 heteroatoms. The normalized spacial score (nSPS) is 14.2. The van der Waals surface area contributed by atoms with Gasteiger partial charge in [0.15, 0.2) is 0 Å². The van der Waals surface area contributed by atoms with Crippen molar-refractivity contribution in [1.29, 1.82) is 0 Å². The lowest BCUT2D eigenvalue weighted by Crippen LogP contribution is -2.33. The van der Waals surface area contributed by atoms with Gasteiger partial charge in [-0.1, -0.05) is 29.8 Å². The van der Waals surface area contributed by atoms with Crippen LogP contribution in [0.2, 0.25) is 0 Å². The van der Waals surface area contributed by atoms with Gasteiger partial charge in [-0.2, -0.15) is 0 Å². The number of carbonyl (C=O) groups excluding carboxylic acids is 1. The molecule has 2 aromatic carbocycles. The molecule has 0 saturated carbocycles. The molecule has 26 heavy (non-hydrogen) atoms. The lowest BCUT2D eigenvalue weighted by molar-refractivity contribution is -0.116. The highest BCUT2D eigenvalue weighted by Gasteiger charge is 2.23. The maximum Gasteiger partial charge on any atom is 0.240 e. The van der Waals surface area contributed by atoms with Crippen LogP contribution in [0.5, 0.6) is 0 Å². The van der Waals surface area contributed by atoms with Crippen LogP contribution in [-0.2, 0) is 21.2 Å². The molecule has 0 fully saturated rings. The van der Waals surface area contributed by atoms with Crippen LogP contribution in [0, 0.1) is 6.92 Å². The maximum atomic E-state index is 12.6. The van der Waals surface area contributed by atoms with Crippen LogP contribution in [-0.4, -0.2) is 33.2 Å². The Bertz CT molecular complexity index is 926. The fourth-order valence-corrected chi connectivity index (χ4v) is 5.14. The predicted octanol–water partition coefficient (Wildman–Crippen LogP) is 2.97. The topological polar surface area (TPSA) is 66.5 Å². The van der Waals surface area contributed by atoms with E-state index in [1.807, 2.05) is 25.1 Å². The fourth-order valence-electron chi connectivity index (χ4n) is 2.98. The third-order valence-corrected chi connectivity index (χ3v) is 6.76. The van der Waals surface area contributed by atoms with Crippen molar-refractivity contribution in [2.45, 2.75) is 30.1 Å². The van der Waals surface area contributed by atoms with Gasteiger partial charge < -0.3 is 4.90 Å². The number of amides is 1. The van der Waals surface area contributed by atoms with E-state index in [0.29, 0.717) is 19.5 Å². The molecule has 3 rings (SSSR count). The molecule has 0 atom stereocenters. The first-order valence-corrected chi connectivity index (χ1v) is 10.9. The van der Waals surface area contributed by atoms with Crippen molar-refractivity contribution in [3.05, 3.63) is 53.6 Å². The van der Waals surface area contributed by atoms with Gasteiger partial charge >= 0.3 is 0 Å². The maximum absolute atomic E-state index is 12.6. The molecular weight excluding hydrogens is 368 g/mol. The standard InChI is InChI=1S/C19H22N2O3S2/c1-14-4-3-5-16(12-14)8-9-20-26(23,24)17-6-7-18-19(13-17)25-11-10-21(18)15(2)22/h3-7,12-13,20H,8-11H2,1-2H3. The predicted molar refractivity (Wildman–Crippen MR) is 105 cm³/mol. The van der Waals surface area contributed by atoms with Crippen LogP contribution in [0.3, 0.4) is 0 Å². The minimum atomic E-state index is -3.58. The molecule has 0 bridgehead atoms. The van der Waals surface area contributed by atoms with Gasteiger partial charge in [-0.3, -0.25) is 4.79 Å². The summed E-state index contributed by atoms with van der Waals surface area (Å²) in [5.41, 5.74) is 3.05. The van der Waals surface area contributed by atoms with Gasteiger partial charge in [-0.15, -0.1) is 11.8 Å². The number of fused-ring (bicyclic) bond motifs is 1. The number of thioether (sulfide) groups is 1. The van der Waals surface area contributed by atoms with Crippen LogP contribution >= 0.6 is 11.8 Å². The van der Waals surface area contributed by atoms with E-state index in [4.69, 9.17) is 0 Å². The largest absolute Gasteiger partial charge is 0.311 e. The first-order chi connectivity index (χ1) is 12.4. The molecule has 1 amide bonds. The van der Waals surface area contributed by atoms with Gasteiger partial charge in [0.2, 0.25) is 15.9 Å². The van der Waals surface area contributed by atoms with Gasteiger partial charge in [-0.25, -0.2) is 13.1 Å². The SMILES string of the molecule is CC(=O)N1CCSc2cc(S(=O)(=O)NCCc3cccc(C)c3)ccc21. The Morgan fingerprint density at radius 2 is 2.04 bits per heavy atom. The van der Waals surface area contributed by atoms with E-state index in [-0.39, 0.29) is 10.8 Å². The van der Waals surface area contributed by atoms with Crippen LogP contribution in [0.1, 0.15) is 18.1 Å². The molecule has 2 aromatic rings. The molecule has 0 spiro atoms. The summed E-state index contributed by atoms with van der Waals surface area (Å²) < 4.78 is 27.8. The number of benzene rings is 2. The van der Waals surface area contributed by atoms with Crippen molar-refractivity contribution in [2.24, 2.45) is 0 Å². The summed E-state index contributed by atoms with van der Waals surface area (Å²) >= 11 is 1.58. The molecule has 138 valence electrons. The van der Waals surface area contributed by atoms with Crippen molar-refractivity contribution in [1.82, 2.24) is 4.72 Å². The van der Waals surface area contributed by atoms with Crippen molar-refractivity contribution in [2.75, 3.05) is 23.7 Å². The van der Waals surface area contributed by atoms with Crippen molar-refractivity contribution in [3.63, 3.8) is 0 Å². The number of nitrogens with zero attached hydrogens (tertiary/aromatic N) is 1. The number of hydrogen-bond acceptors (Lipinski definition) is 4. The lowest BCUT2D eigenvalue weighted by Gasteiger charge is -2.28. The van der Waals surface area contributed by atoms with Crippen LogP contribution < -0.4 is 9.62 Å². The molecule has 1 aliphatic rings. The third-order valence-electron chi connectivity index (χ3n) is 4.27. The number of aryl methyl sites for hydroxylation is 1. The zero-order chi connectivity index (χ0) is 18.7. The molecule has 0 aromatic heterocycles. The molecule has 0 unspecified atom stereocenters. The van der Waals surface area contributed by atoms with E-state index in [0.717, 1.165) is 27.5 Å². The average Bonchev–Trinajstić information content (AvgIpc) is 2.60. The van der Waals surface area contributed by atoms with Crippen molar-refractivity contribution >= 4 is 33.4 Å². The zero-order valence-corrected chi connectivity index (χ0v) is 16.5. The molecule has 0 saturated heterocycles. The Labute approximate surface area is 158 Å². The Morgan fingerprint density at radius 3 is 2.77 bits per heavy atom. The number of rotatable bonds is 5. The highest BCUT2D eigenvalue weighted by Crippen LogP contribution is 2.36. The molecule has 0 aliphatic carbocycles. The summed E-state index contributed by atoms with van der Waals surface area (Å²) in [5, 5.41) is 0. The van der Waals surface area contributed by atoms with Gasteiger partial charge in [0.1, 0.15) is 0 Å². The molecule has 1 heterocycles. The highest BCUT2D eigenvalue weighted by molar-refractivity contribution is 7.99. The second-order valence-corrected chi connectivity index (χ2v) is 9.19. The molecule has 5 nitrogen and oxygen atoms in total. The molecule has 1 aliphatic heterocycles. The van der Waals surface area contributed by atoms with Gasteiger partial charge in [0.25, 0.3) is 0 Å². The summed E-state index contributed by atoms with van der Waals surface area (Å²) in [6.07, 6.45) is 0.638. The number of anilines is 1. The van der Waals surface area contributed by atoms with E-state index < -0.39 is 10.0 Å². The quantitative estimate of drug-likeness (QED) is 0.852. The van der Waals surface area contributed by atoms with E-state index in [1.165, 1.54) is 6.92 Å². The first kappa shape index (κ1) is 18.9. The van der Waals surface area contributed by atoms with Crippen molar-refractivity contribution < 1.29 is 13.2 Å². The highest BCUT2D eigenvalue weighted by atomic mass is 32.2. The average molecular weight is 391 g/mol. The summed E-state index contributed by atoms with van der Waals surface area (Å²) in [4.78, 5) is 14.5. The molecule has 0 radical (unpaired) electrons. The Hall–Kier alpha value is -1.83. The number of hydrogen-bond donors (Lipinski definition) is 1. The molecule has 1 N–H and O–H groups in total. The van der Waals surface area contributed by atoms with E-state index in [2.05, 4.69) is 10.8 Å². The van der Waals surface area contributed by atoms with Crippen LogP contribution in [0.25, 0.3) is 0 Å². The lowest BCUT2D eigenvalue weighted by atomic mass is 10.1. The second-order valence-electron chi connectivity index (χ2n) is 6.29. The molecular formula is C19H22N2O3S2. The van der Waals surface area contributed by atoms with Crippen molar-refractivity contribution in [3.8, 4) is 0 Å². The van der Waals surface area contributed by atoms with Gasteiger partial charge in [0.05, 0.1) is 10.6 Å². The second kappa shape index (κ2) is 7.82. The van der Waals surface area contributed by atoms with Gasteiger partial charge in [0, 0.05) is 30.7 Å². The minimum Gasteiger partial charge on any atom is -0.311 e. The monoisotopic (exact) mass is 390 g/mol. The number of carbonyl (C=O) groups is 1.